The first-order chi connectivity index (χ1) is 21.0. The summed E-state index contributed by atoms with van der Waals surface area (Å²) in [6.45, 7) is 6.47. The fourth-order valence-electron chi connectivity index (χ4n) is 5.37. The maximum atomic E-state index is 13.5. The molecule has 0 radical (unpaired) electrons. The number of rotatable bonds is 11. The molecular weight excluding hydrogens is 608 g/mol. The van der Waals surface area contributed by atoms with Gasteiger partial charge in [-0.15, -0.1) is 0 Å². The lowest BCUT2D eigenvalue weighted by atomic mass is 10.1. The van der Waals surface area contributed by atoms with Crippen LogP contribution < -0.4 is 20.7 Å². The molecule has 1 aromatic heterocycles. The Balaban J connectivity index is 1.42. The number of esters is 1. The summed E-state index contributed by atoms with van der Waals surface area (Å²) in [4.78, 5) is 36.3. The van der Waals surface area contributed by atoms with E-state index < -0.39 is 15.9 Å². The number of methoxy groups -OCH3 is 1. The molecule has 0 saturated carbocycles. The molecule has 3 N–H and O–H groups in total. The van der Waals surface area contributed by atoms with Crippen molar-refractivity contribution in [3.8, 4) is 5.75 Å². The number of ether oxygens (including phenoxy) is 2. The van der Waals surface area contributed by atoms with Gasteiger partial charge in [0.25, 0.3) is 5.91 Å². The summed E-state index contributed by atoms with van der Waals surface area (Å²) in [7, 11) is -2.18. The van der Waals surface area contributed by atoms with Crippen molar-refractivity contribution < 1.29 is 27.5 Å². The van der Waals surface area contributed by atoms with Gasteiger partial charge in [0.2, 0.25) is 5.95 Å². The highest BCUT2D eigenvalue weighted by molar-refractivity contribution is 7.91. The summed E-state index contributed by atoms with van der Waals surface area (Å²) in [5.41, 5.74) is 2.13. The van der Waals surface area contributed by atoms with E-state index in [2.05, 4.69) is 25.9 Å². The summed E-state index contributed by atoms with van der Waals surface area (Å²) < 4.78 is 36.7. The number of benzene rings is 2. The number of aromatic nitrogens is 2. The van der Waals surface area contributed by atoms with E-state index in [0.29, 0.717) is 48.6 Å². The van der Waals surface area contributed by atoms with E-state index in [9.17, 15) is 18.0 Å². The molecule has 1 saturated heterocycles. The van der Waals surface area contributed by atoms with Crippen LogP contribution in [0.1, 0.15) is 49.5 Å². The molecule has 1 amide bonds. The van der Waals surface area contributed by atoms with Crippen molar-refractivity contribution in [1.82, 2.24) is 20.2 Å². The Morgan fingerprint density at radius 2 is 1.98 bits per heavy atom. The Morgan fingerprint density at radius 3 is 2.70 bits per heavy atom. The number of carbonyl (C=O) groups is 2. The summed E-state index contributed by atoms with van der Waals surface area (Å²) in [6, 6.07) is 9.50. The monoisotopic (exact) mass is 642 g/mol. The first-order valence-electron chi connectivity index (χ1n) is 14.3. The second-order valence-corrected chi connectivity index (χ2v) is 13.4. The fraction of sp³-hybridized carbons (Fsp3) is 0.400. The molecule has 3 heterocycles. The minimum atomic E-state index is -3.52. The molecule has 12 nitrogen and oxygen atoms in total. The van der Waals surface area contributed by atoms with Gasteiger partial charge in [0.15, 0.2) is 15.7 Å². The topological polar surface area (TPSA) is 152 Å². The van der Waals surface area contributed by atoms with E-state index >= 15 is 0 Å². The Kier molecular flexibility index (Phi) is 9.28. The van der Waals surface area contributed by atoms with Gasteiger partial charge in [-0.3, -0.25) is 9.59 Å². The second kappa shape index (κ2) is 13.0. The molecule has 2 atom stereocenters. The number of fused-ring (bicyclic) bond motifs is 1. The van der Waals surface area contributed by atoms with Gasteiger partial charge in [-0.25, -0.2) is 13.4 Å². The molecule has 0 bridgehead atoms. The van der Waals surface area contributed by atoms with Crippen LogP contribution in [0.5, 0.6) is 5.75 Å². The molecule has 0 aliphatic carbocycles. The van der Waals surface area contributed by atoms with Gasteiger partial charge in [0.1, 0.15) is 16.8 Å². The molecule has 2 aliphatic heterocycles. The van der Waals surface area contributed by atoms with Gasteiger partial charge in [-0.1, -0.05) is 30.7 Å². The standard InChI is InChI=1S/C30H35ClN6O6S/c1-5-10-44(40,41)26-9-7-6-8-22(26)34-27-21(31)15-33-30(36-27)35-23-13-20-18(11-25(23)43-17(2)3)16-37(28(20)38)19-12-24(32-14-19)29(39)42-4/h6-9,11,13,15,17,19,24,32H,5,10,12,14,16H2,1-4H3,(H2,33,34,35,36)/t19-,24-/m0/s1. The van der Waals surface area contributed by atoms with Crippen LogP contribution in [0.3, 0.4) is 0 Å². The van der Waals surface area contributed by atoms with E-state index in [1.165, 1.54) is 13.3 Å². The van der Waals surface area contributed by atoms with E-state index in [0.717, 1.165) is 5.56 Å². The van der Waals surface area contributed by atoms with Crippen molar-refractivity contribution in [2.24, 2.45) is 0 Å². The van der Waals surface area contributed by atoms with E-state index in [-0.39, 0.29) is 51.5 Å². The SMILES string of the molecule is CCCS(=O)(=O)c1ccccc1Nc1nc(Nc2cc3c(cc2OC(C)C)CN([C@@H]2CN[C@H](C(=O)OC)C2)C3=O)ncc1Cl. The number of carbonyl (C=O) groups excluding carboxylic acids is 2. The minimum absolute atomic E-state index is 0.00618. The van der Waals surface area contributed by atoms with Crippen molar-refractivity contribution in [2.45, 2.75) is 63.2 Å². The van der Waals surface area contributed by atoms with Gasteiger partial charge >= 0.3 is 5.97 Å². The van der Waals surface area contributed by atoms with E-state index in [1.807, 2.05) is 19.9 Å². The third-order valence-electron chi connectivity index (χ3n) is 7.37. The van der Waals surface area contributed by atoms with Gasteiger partial charge in [-0.2, -0.15) is 4.98 Å². The zero-order valence-electron chi connectivity index (χ0n) is 24.9. The van der Waals surface area contributed by atoms with Crippen molar-refractivity contribution in [1.29, 1.82) is 0 Å². The molecule has 14 heteroatoms. The Hall–Kier alpha value is -3.94. The molecule has 0 unspecified atom stereocenters. The first-order valence-corrected chi connectivity index (χ1v) is 16.4. The largest absolute Gasteiger partial charge is 0.489 e. The first kappa shape index (κ1) is 31.5. The highest BCUT2D eigenvalue weighted by atomic mass is 35.5. The summed E-state index contributed by atoms with van der Waals surface area (Å²) in [6.07, 6.45) is 2.18. The molecule has 3 aromatic rings. The van der Waals surface area contributed by atoms with Crippen LogP contribution in [-0.4, -0.2) is 72.8 Å². The maximum absolute atomic E-state index is 13.5. The predicted molar refractivity (Wildman–Crippen MR) is 167 cm³/mol. The van der Waals surface area contributed by atoms with E-state index in [1.54, 1.807) is 42.2 Å². The smallest absolute Gasteiger partial charge is 0.322 e. The molecular formula is C30H35ClN6O6S. The Labute approximate surface area is 261 Å². The number of hydrogen-bond donors (Lipinski definition) is 3. The summed E-state index contributed by atoms with van der Waals surface area (Å²) in [5, 5.41) is 9.52. The number of sulfone groups is 1. The van der Waals surface area contributed by atoms with Gasteiger partial charge < -0.3 is 30.3 Å². The van der Waals surface area contributed by atoms with Crippen LogP contribution in [0.25, 0.3) is 0 Å². The zero-order chi connectivity index (χ0) is 31.6. The number of amides is 1. The molecule has 0 spiro atoms. The molecule has 234 valence electrons. The van der Waals surface area contributed by atoms with Gasteiger partial charge in [0, 0.05) is 24.7 Å². The normalized spacial score (nSPS) is 18.0. The second-order valence-electron chi connectivity index (χ2n) is 10.9. The summed E-state index contributed by atoms with van der Waals surface area (Å²) >= 11 is 6.42. The minimum Gasteiger partial charge on any atom is -0.489 e. The Bertz CT molecular complexity index is 1680. The van der Waals surface area contributed by atoms with Crippen molar-refractivity contribution >= 4 is 56.5 Å². The van der Waals surface area contributed by atoms with Gasteiger partial charge in [0.05, 0.1) is 41.4 Å². The predicted octanol–water partition coefficient (Wildman–Crippen LogP) is 4.45. The van der Waals surface area contributed by atoms with Crippen LogP contribution in [0.2, 0.25) is 5.02 Å². The molecule has 2 aliphatic rings. The van der Waals surface area contributed by atoms with Crippen molar-refractivity contribution in [3.63, 3.8) is 0 Å². The number of nitrogens with one attached hydrogen (secondary N) is 3. The molecule has 44 heavy (non-hydrogen) atoms. The summed E-state index contributed by atoms with van der Waals surface area (Å²) in [5.74, 6) is 0.370. The average Bonchev–Trinajstić information content (AvgIpc) is 3.59. The lowest BCUT2D eigenvalue weighted by molar-refractivity contribution is -0.142. The number of para-hydroxylation sites is 1. The number of hydrogen-bond acceptors (Lipinski definition) is 11. The quantitative estimate of drug-likeness (QED) is 0.254. The number of nitrogens with zero attached hydrogens (tertiary/aromatic N) is 3. The van der Waals surface area contributed by atoms with Crippen LogP contribution in [-0.2, 0) is 25.9 Å². The van der Waals surface area contributed by atoms with Crippen LogP contribution in [0, 0.1) is 0 Å². The molecule has 5 rings (SSSR count). The lowest BCUT2D eigenvalue weighted by Crippen LogP contribution is -2.36. The Morgan fingerprint density at radius 1 is 1.20 bits per heavy atom. The molecule has 1 fully saturated rings. The zero-order valence-corrected chi connectivity index (χ0v) is 26.5. The van der Waals surface area contributed by atoms with Crippen molar-refractivity contribution in [2.75, 3.05) is 30.0 Å². The fourth-order valence-corrected chi connectivity index (χ4v) is 7.00. The van der Waals surface area contributed by atoms with Crippen LogP contribution in [0.4, 0.5) is 23.1 Å². The number of anilines is 4. The van der Waals surface area contributed by atoms with Crippen molar-refractivity contribution in [3.05, 3.63) is 58.7 Å². The third-order valence-corrected chi connectivity index (χ3v) is 9.62. The third kappa shape index (κ3) is 6.59. The van der Waals surface area contributed by atoms with Crippen LogP contribution >= 0.6 is 11.6 Å². The van der Waals surface area contributed by atoms with Crippen LogP contribution in [0.15, 0.2) is 47.5 Å². The highest BCUT2D eigenvalue weighted by Gasteiger charge is 2.40. The van der Waals surface area contributed by atoms with E-state index in [4.69, 9.17) is 21.1 Å². The molecule has 2 aromatic carbocycles. The number of halogens is 1. The highest BCUT2D eigenvalue weighted by Crippen LogP contribution is 2.38. The van der Waals surface area contributed by atoms with Gasteiger partial charge in [-0.05, 0) is 56.5 Å². The lowest BCUT2D eigenvalue weighted by Gasteiger charge is -2.22. The average molecular weight is 643 g/mol. The maximum Gasteiger partial charge on any atom is 0.322 e.